The molecule has 1 aliphatic heterocycles. The predicted molar refractivity (Wildman–Crippen MR) is 70.0 cm³/mol. The van der Waals surface area contributed by atoms with Crippen molar-refractivity contribution in [2.75, 3.05) is 6.54 Å². The zero-order valence-electron chi connectivity index (χ0n) is 11.5. The quantitative estimate of drug-likeness (QED) is 0.830. The zero-order chi connectivity index (χ0) is 13.2. The standard InChI is InChI=1S/C14H24N2O2/c1-3-5-10-16-11(4-2)12(17)15-14(13(16)18)8-6-7-9-14/h11H,3-10H2,1-2H3,(H,15,17). The lowest BCUT2D eigenvalue weighted by Gasteiger charge is -2.44. The first-order valence-electron chi connectivity index (χ1n) is 7.27. The van der Waals surface area contributed by atoms with Crippen LogP contribution in [0.2, 0.25) is 0 Å². The number of amides is 2. The third kappa shape index (κ3) is 2.13. The first kappa shape index (κ1) is 13.4. The summed E-state index contributed by atoms with van der Waals surface area (Å²) in [7, 11) is 0. The summed E-state index contributed by atoms with van der Waals surface area (Å²) >= 11 is 0. The number of nitrogens with one attached hydrogen (secondary N) is 1. The van der Waals surface area contributed by atoms with E-state index in [0.29, 0.717) is 6.42 Å². The summed E-state index contributed by atoms with van der Waals surface area (Å²) in [5, 5.41) is 3.02. The molecule has 4 heteroatoms. The van der Waals surface area contributed by atoms with Crippen LogP contribution in [0, 0.1) is 0 Å². The largest absolute Gasteiger partial charge is 0.340 e. The number of carbonyl (C=O) groups excluding carboxylic acids is 2. The highest BCUT2D eigenvalue weighted by molar-refractivity contribution is 6.00. The van der Waals surface area contributed by atoms with Crippen LogP contribution in [0.1, 0.15) is 58.8 Å². The van der Waals surface area contributed by atoms with Crippen LogP contribution in [-0.2, 0) is 9.59 Å². The molecule has 1 heterocycles. The Morgan fingerprint density at radius 1 is 1.28 bits per heavy atom. The fourth-order valence-electron chi connectivity index (χ4n) is 3.24. The van der Waals surface area contributed by atoms with Gasteiger partial charge in [0, 0.05) is 6.54 Å². The van der Waals surface area contributed by atoms with Gasteiger partial charge in [-0.15, -0.1) is 0 Å². The molecule has 1 atom stereocenters. The van der Waals surface area contributed by atoms with Crippen molar-refractivity contribution in [1.82, 2.24) is 10.2 Å². The Morgan fingerprint density at radius 3 is 2.50 bits per heavy atom. The molecule has 4 nitrogen and oxygen atoms in total. The van der Waals surface area contributed by atoms with Crippen LogP contribution in [0.25, 0.3) is 0 Å². The summed E-state index contributed by atoms with van der Waals surface area (Å²) in [4.78, 5) is 26.7. The van der Waals surface area contributed by atoms with Crippen molar-refractivity contribution < 1.29 is 9.59 Å². The van der Waals surface area contributed by atoms with E-state index >= 15 is 0 Å². The number of hydrogen-bond acceptors (Lipinski definition) is 2. The van der Waals surface area contributed by atoms with Gasteiger partial charge in [0.25, 0.3) is 0 Å². The van der Waals surface area contributed by atoms with Crippen LogP contribution in [0.5, 0.6) is 0 Å². The van der Waals surface area contributed by atoms with E-state index in [9.17, 15) is 9.59 Å². The normalized spacial score (nSPS) is 26.8. The summed E-state index contributed by atoms with van der Waals surface area (Å²) in [6, 6.07) is -0.254. The molecule has 1 saturated carbocycles. The minimum Gasteiger partial charge on any atom is -0.340 e. The molecule has 0 aromatic heterocycles. The Bertz CT molecular complexity index is 335. The Hall–Kier alpha value is -1.06. The maximum atomic E-state index is 12.7. The fraction of sp³-hybridized carbons (Fsp3) is 0.857. The van der Waals surface area contributed by atoms with Gasteiger partial charge >= 0.3 is 0 Å². The number of piperazine rings is 1. The van der Waals surface area contributed by atoms with Crippen molar-refractivity contribution in [2.45, 2.75) is 70.4 Å². The molecular formula is C14H24N2O2. The number of nitrogens with zero attached hydrogens (tertiary/aromatic N) is 1. The third-order valence-corrected chi connectivity index (χ3v) is 4.31. The molecule has 2 rings (SSSR count). The average molecular weight is 252 g/mol. The fourth-order valence-corrected chi connectivity index (χ4v) is 3.24. The second-order valence-electron chi connectivity index (χ2n) is 5.55. The van der Waals surface area contributed by atoms with Crippen LogP contribution in [0.15, 0.2) is 0 Å². The molecule has 0 aromatic rings. The van der Waals surface area contributed by atoms with Gasteiger partial charge in [0.1, 0.15) is 11.6 Å². The summed E-state index contributed by atoms with van der Waals surface area (Å²) in [5.74, 6) is 0.218. The van der Waals surface area contributed by atoms with Gasteiger partial charge in [-0.2, -0.15) is 0 Å². The van der Waals surface area contributed by atoms with Crippen molar-refractivity contribution in [1.29, 1.82) is 0 Å². The lowest BCUT2D eigenvalue weighted by atomic mass is 9.90. The van der Waals surface area contributed by atoms with E-state index in [1.165, 1.54) is 0 Å². The van der Waals surface area contributed by atoms with E-state index in [0.717, 1.165) is 45.1 Å². The molecule has 18 heavy (non-hydrogen) atoms. The lowest BCUT2D eigenvalue weighted by molar-refractivity contribution is -0.155. The van der Waals surface area contributed by atoms with Crippen molar-refractivity contribution in [3.63, 3.8) is 0 Å². The SMILES string of the molecule is CCCCN1C(=O)C2(CCCC2)NC(=O)C1CC. The molecule has 2 amide bonds. The minimum absolute atomic E-state index is 0.0510. The molecule has 2 aliphatic rings. The van der Waals surface area contributed by atoms with E-state index in [2.05, 4.69) is 12.2 Å². The Morgan fingerprint density at radius 2 is 1.94 bits per heavy atom. The topological polar surface area (TPSA) is 49.4 Å². The van der Waals surface area contributed by atoms with Gasteiger partial charge in [0.15, 0.2) is 0 Å². The van der Waals surface area contributed by atoms with Crippen molar-refractivity contribution in [2.24, 2.45) is 0 Å². The van der Waals surface area contributed by atoms with Crippen LogP contribution >= 0.6 is 0 Å². The van der Waals surface area contributed by atoms with Gasteiger partial charge in [0.05, 0.1) is 0 Å². The lowest BCUT2D eigenvalue weighted by Crippen LogP contribution is -2.69. The smallest absolute Gasteiger partial charge is 0.249 e. The maximum Gasteiger partial charge on any atom is 0.249 e. The Balaban J connectivity index is 2.20. The van der Waals surface area contributed by atoms with E-state index < -0.39 is 5.54 Å². The van der Waals surface area contributed by atoms with Crippen LogP contribution in [0.4, 0.5) is 0 Å². The summed E-state index contributed by atoms with van der Waals surface area (Å²) in [6.07, 6.45) is 6.46. The van der Waals surface area contributed by atoms with Gasteiger partial charge in [-0.25, -0.2) is 0 Å². The van der Waals surface area contributed by atoms with Gasteiger partial charge in [-0.3, -0.25) is 9.59 Å². The van der Waals surface area contributed by atoms with Gasteiger partial charge in [-0.1, -0.05) is 33.1 Å². The number of hydrogen-bond donors (Lipinski definition) is 1. The van der Waals surface area contributed by atoms with E-state index in [1.807, 2.05) is 11.8 Å². The van der Waals surface area contributed by atoms with Gasteiger partial charge < -0.3 is 10.2 Å². The average Bonchev–Trinajstić information content (AvgIpc) is 2.81. The number of unbranched alkanes of at least 4 members (excludes halogenated alkanes) is 1. The van der Waals surface area contributed by atoms with Crippen molar-refractivity contribution >= 4 is 11.8 Å². The van der Waals surface area contributed by atoms with Crippen LogP contribution in [0.3, 0.4) is 0 Å². The second kappa shape index (κ2) is 5.29. The molecule has 102 valence electrons. The first-order chi connectivity index (χ1) is 8.64. The summed E-state index contributed by atoms with van der Waals surface area (Å²) < 4.78 is 0. The Labute approximate surface area is 109 Å². The number of rotatable bonds is 4. The molecule has 2 fully saturated rings. The molecule has 1 saturated heterocycles. The highest BCUT2D eigenvalue weighted by atomic mass is 16.2. The molecule has 1 N–H and O–H groups in total. The summed E-state index contributed by atoms with van der Waals surface area (Å²) in [6.45, 7) is 4.81. The first-order valence-corrected chi connectivity index (χ1v) is 7.27. The van der Waals surface area contributed by atoms with Crippen LogP contribution < -0.4 is 5.32 Å². The van der Waals surface area contributed by atoms with Crippen molar-refractivity contribution in [3.8, 4) is 0 Å². The van der Waals surface area contributed by atoms with E-state index in [-0.39, 0.29) is 17.9 Å². The van der Waals surface area contributed by atoms with E-state index in [1.54, 1.807) is 0 Å². The monoisotopic (exact) mass is 252 g/mol. The highest BCUT2D eigenvalue weighted by Crippen LogP contribution is 2.35. The molecule has 1 spiro atoms. The van der Waals surface area contributed by atoms with Gasteiger partial charge in [-0.05, 0) is 25.7 Å². The highest BCUT2D eigenvalue weighted by Gasteiger charge is 2.51. The maximum absolute atomic E-state index is 12.7. The molecular weight excluding hydrogens is 228 g/mol. The predicted octanol–water partition coefficient (Wildman–Crippen LogP) is 1.84. The molecule has 0 radical (unpaired) electrons. The molecule has 1 aliphatic carbocycles. The second-order valence-corrected chi connectivity index (χ2v) is 5.55. The summed E-state index contributed by atoms with van der Waals surface area (Å²) in [5.41, 5.74) is -0.559. The zero-order valence-corrected chi connectivity index (χ0v) is 11.5. The Kier molecular flexibility index (Phi) is 3.93. The van der Waals surface area contributed by atoms with Gasteiger partial charge in [0.2, 0.25) is 11.8 Å². The van der Waals surface area contributed by atoms with Crippen molar-refractivity contribution in [3.05, 3.63) is 0 Å². The van der Waals surface area contributed by atoms with E-state index in [4.69, 9.17) is 0 Å². The minimum atomic E-state index is -0.559. The van der Waals surface area contributed by atoms with Crippen LogP contribution in [-0.4, -0.2) is 34.8 Å². The molecule has 0 bridgehead atoms. The number of carbonyl (C=O) groups is 2. The molecule has 0 aromatic carbocycles. The third-order valence-electron chi connectivity index (χ3n) is 4.31. The molecule has 1 unspecified atom stereocenters.